The van der Waals surface area contributed by atoms with Crippen LogP contribution in [0.2, 0.25) is 0 Å². The van der Waals surface area contributed by atoms with Gasteiger partial charge in [-0.15, -0.1) is 6.42 Å². The second-order valence-corrected chi connectivity index (χ2v) is 4.68. The summed E-state index contributed by atoms with van der Waals surface area (Å²) in [6.45, 7) is 7.31. The molecule has 1 aliphatic heterocycles. The fourth-order valence-corrected chi connectivity index (χ4v) is 2.36. The molecule has 106 valence electrons. The number of rotatable bonds is 3. The molecule has 1 fully saturated rings. The number of nitrogens with one attached hydrogen (secondary N) is 1. The molecule has 4 heteroatoms. The molecule has 1 heterocycles. The third-order valence-corrected chi connectivity index (χ3v) is 3.36. The summed E-state index contributed by atoms with van der Waals surface area (Å²) < 4.78 is 0. The molecule has 0 bridgehead atoms. The van der Waals surface area contributed by atoms with E-state index in [4.69, 9.17) is 6.42 Å². The van der Waals surface area contributed by atoms with Crippen LogP contribution in [-0.4, -0.2) is 50.1 Å². The maximum absolute atomic E-state index is 5.29. The van der Waals surface area contributed by atoms with Crippen molar-refractivity contribution in [1.29, 1.82) is 0 Å². The highest BCUT2D eigenvalue weighted by molar-refractivity contribution is 5.80. The standard InChI is InChI=1S/C16H22N4/c1-3-10-18-16(17-4-2)20-13-11-19(12-14-20)15-8-6-5-7-9-15/h1,5-9H,4,10-14H2,2H3,(H,17,18). The van der Waals surface area contributed by atoms with Crippen LogP contribution in [-0.2, 0) is 0 Å². The highest BCUT2D eigenvalue weighted by Crippen LogP contribution is 2.15. The van der Waals surface area contributed by atoms with E-state index in [0.29, 0.717) is 6.54 Å². The van der Waals surface area contributed by atoms with Crippen molar-refractivity contribution < 1.29 is 0 Å². The number of para-hydroxylation sites is 1. The van der Waals surface area contributed by atoms with E-state index in [1.807, 2.05) is 0 Å². The summed E-state index contributed by atoms with van der Waals surface area (Å²) in [7, 11) is 0. The summed E-state index contributed by atoms with van der Waals surface area (Å²) in [5.41, 5.74) is 1.29. The molecule has 1 aromatic carbocycles. The Morgan fingerprint density at radius 3 is 2.55 bits per heavy atom. The number of piperazine rings is 1. The van der Waals surface area contributed by atoms with E-state index in [-0.39, 0.29) is 0 Å². The first-order valence-corrected chi connectivity index (χ1v) is 7.12. The quantitative estimate of drug-likeness (QED) is 0.512. The normalized spacial score (nSPS) is 15.9. The van der Waals surface area contributed by atoms with Crippen LogP contribution in [0.25, 0.3) is 0 Å². The fourth-order valence-electron chi connectivity index (χ4n) is 2.36. The first-order valence-electron chi connectivity index (χ1n) is 7.12. The maximum atomic E-state index is 5.29. The summed E-state index contributed by atoms with van der Waals surface area (Å²) in [6.07, 6.45) is 5.29. The number of aliphatic imine (C=N–C) groups is 1. The van der Waals surface area contributed by atoms with E-state index >= 15 is 0 Å². The van der Waals surface area contributed by atoms with Crippen LogP contribution in [0.1, 0.15) is 6.92 Å². The molecule has 1 saturated heterocycles. The SMILES string of the molecule is C#CCN=C(NCC)N1CCN(c2ccccc2)CC1. The zero-order valence-electron chi connectivity index (χ0n) is 12.0. The van der Waals surface area contributed by atoms with Gasteiger partial charge in [0.2, 0.25) is 0 Å². The second kappa shape index (κ2) is 7.44. The van der Waals surface area contributed by atoms with Gasteiger partial charge in [-0.05, 0) is 19.1 Å². The molecule has 1 aromatic rings. The Balaban J connectivity index is 1.94. The summed E-state index contributed by atoms with van der Waals surface area (Å²) in [5, 5.41) is 3.30. The van der Waals surface area contributed by atoms with Gasteiger partial charge in [-0.2, -0.15) is 0 Å². The van der Waals surface area contributed by atoms with Crippen molar-refractivity contribution in [2.24, 2.45) is 4.99 Å². The summed E-state index contributed by atoms with van der Waals surface area (Å²) in [5.74, 6) is 3.49. The Morgan fingerprint density at radius 2 is 1.95 bits per heavy atom. The Labute approximate surface area is 121 Å². The topological polar surface area (TPSA) is 30.9 Å². The summed E-state index contributed by atoms with van der Waals surface area (Å²) in [6, 6.07) is 10.5. The van der Waals surface area contributed by atoms with Crippen molar-refractivity contribution in [2.45, 2.75) is 6.92 Å². The minimum atomic E-state index is 0.432. The van der Waals surface area contributed by atoms with Crippen LogP contribution in [0.4, 0.5) is 5.69 Å². The number of hydrogen-bond acceptors (Lipinski definition) is 2. The number of benzene rings is 1. The predicted octanol–water partition coefficient (Wildman–Crippen LogP) is 1.41. The van der Waals surface area contributed by atoms with Crippen LogP contribution in [0.15, 0.2) is 35.3 Å². The van der Waals surface area contributed by atoms with Crippen molar-refractivity contribution in [1.82, 2.24) is 10.2 Å². The van der Waals surface area contributed by atoms with Crippen molar-refractivity contribution in [2.75, 3.05) is 44.2 Å². The van der Waals surface area contributed by atoms with E-state index in [1.165, 1.54) is 5.69 Å². The predicted molar refractivity (Wildman–Crippen MR) is 85.0 cm³/mol. The van der Waals surface area contributed by atoms with Crippen LogP contribution >= 0.6 is 0 Å². The van der Waals surface area contributed by atoms with Crippen molar-refractivity contribution >= 4 is 11.6 Å². The second-order valence-electron chi connectivity index (χ2n) is 4.68. The lowest BCUT2D eigenvalue weighted by molar-refractivity contribution is 0.373. The van der Waals surface area contributed by atoms with E-state index in [9.17, 15) is 0 Å². The van der Waals surface area contributed by atoms with Gasteiger partial charge in [0.1, 0.15) is 6.54 Å². The highest BCUT2D eigenvalue weighted by Gasteiger charge is 2.19. The smallest absolute Gasteiger partial charge is 0.195 e. The molecule has 0 atom stereocenters. The molecule has 1 aliphatic rings. The zero-order valence-corrected chi connectivity index (χ0v) is 12.0. The average Bonchev–Trinajstić information content (AvgIpc) is 2.52. The lowest BCUT2D eigenvalue weighted by atomic mass is 10.2. The van der Waals surface area contributed by atoms with Crippen LogP contribution in [0, 0.1) is 12.3 Å². The van der Waals surface area contributed by atoms with E-state index < -0.39 is 0 Å². The van der Waals surface area contributed by atoms with Gasteiger partial charge < -0.3 is 15.1 Å². The first-order chi connectivity index (χ1) is 9.85. The third kappa shape index (κ3) is 3.67. The number of anilines is 1. The summed E-state index contributed by atoms with van der Waals surface area (Å²) >= 11 is 0. The van der Waals surface area contributed by atoms with Gasteiger partial charge in [0.05, 0.1) is 0 Å². The van der Waals surface area contributed by atoms with Crippen molar-refractivity contribution in [3.8, 4) is 12.3 Å². The lowest BCUT2D eigenvalue weighted by Gasteiger charge is -2.37. The van der Waals surface area contributed by atoms with E-state index in [1.54, 1.807) is 0 Å². The molecule has 20 heavy (non-hydrogen) atoms. The molecule has 0 spiro atoms. The lowest BCUT2D eigenvalue weighted by Crippen LogP contribution is -2.52. The third-order valence-electron chi connectivity index (χ3n) is 3.36. The molecular formula is C16H22N4. The van der Waals surface area contributed by atoms with Crippen LogP contribution in [0.5, 0.6) is 0 Å². The highest BCUT2D eigenvalue weighted by atomic mass is 15.3. The van der Waals surface area contributed by atoms with Gasteiger partial charge in [0, 0.05) is 38.4 Å². The van der Waals surface area contributed by atoms with Crippen LogP contribution in [0.3, 0.4) is 0 Å². The molecule has 0 aromatic heterocycles. The van der Waals surface area contributed by atoms with Crippen LogP contribution < -0.4 is 10.2 Å². The fraction of sp³-hybridized carbons (Fsp3) is 0.438. The molecule has 0 radical (unpaired) electrons. The monoisotopic (exact) mass is 270 g/mol. The number of hydrogen-bond donors (Lipinski definition) is 1. The molecule has 0 unspecified atom stereocenters. The molecule has 4 nitrogen and oxygen atoms in total. The van der Waals surface area contributed by atoms with E-state index in [0.717, 1.165) is 38.7 Å². The zero-order chi connectivity index (χ0) is 14.2. The Kier molecular flexibility index (Phi) is 5.31. The maximum Gasteiger partial charge on any atom is 0.195 e. The molecule has 2 rings (SSSR count). The molecule has 1 N–H and O–H groups in total. The van der Waals surface area contributed by atoms with Gasteiger partial charge in [0.25, 0.3) is 0 Å². The van der Waals surface area contributed by atoms with Gasteiger partial charge in [-0.25, -0.2) is 4.99 Å². The Morgan fingerprint density at radius 1 is 1.25 bits per heavy atom. The van der Waals surface area contributed by atoms with Gasteiger partial charge in [-0.3, -0.25) is 0 Å². The number of terminal acetylenes is 1. The molecular weight excluding hydrogens is 248 g/mol. The average molecular weight is 270 g/mol. The van der Waals surface area contributed by atoms with Crippen molar-refractivity contribution in [3.05, 3.63) is 30.3 Å². The largest absolute Gasteiger partial charge is 0.368 e. The first kappa shape index (κ1) is 14.3. The van der Waals surface area contributed by atoms with E-state index in [2.05, 4.69) is 63.3 Å². The Bertz CT molecular complexity index is 467. The molecule has 0 saturated carbocycles. The van der Waals surface area contributed by atoms with Crippen molar-refractivity contribution in [3.63, 3.8) is 0 Å². The summed E-state index contributed by atoms with van der Waals surface area (Å²) in [4.78, 5) is 9.11. The Hall–Kier alpha value is -2.15. The molecule has 0 amide bonds. The minimum Gasteiger partial charge on any atom is -0.368 e. The number of guanidine groups is 1. The minimum absolute atomic E-state index is 0.432. The number of nitrogens with zero attached hydrogens (tertiary/aromatic N) is 3. The van der Waals surface area contributed by atoms with Gasteiger partial charge in [-0.1, -0.05) is 24.1 Å². The van der Waals surface area contributed by atoms with Gasteiger partial charge in [0.15, 0.2) is 5.96 Å². The molecule has 0 aliphatic carbocycles. The van der Waals surface area contributed by atoms with Gasteiger partial charge >= 0.3 is 0 Å².